The maximum atomic E-state index is 12.9. The van der Waals surface area contributed by atoms with Gasteiger partial charge in [0.25, 0.3) is 5.91 Å². The largest absolute Gasteiger partial charge is 0.385 e. The molecule has 0 saturated heterocycles. The molecule has 1 heterocycles. The van der Waals surface area contributed by atoms with E-state index in [1.54, 1.807) is 0 Å². The molecule has 1 spiro atoms. The molecule has 3 rings (SSSR count). The minimum atomic E-state index is -0.569. The fraction of sp³-hybridized carbons (Fsp3) is 0.353. The molecule has 1 aliphatic heterocycles. The van der Waals surface area contributed by atoms with Crippen LogP contribution in [0.5, 0.6) is 0 Å². The monoisotopic (exact) mass is 326 g/mol. The topological polar surface area (TPSA) is 90.9 Å². The molecule has 1 fully saturated rings. The van der Waals surface area contributed by atoms with Crippen LogP contribution in [0.2, 0.25) is 0 Å². The van der Waals surface area contributed by atoms with E-state index in [4.69, 9.17) is 18.0 Å². The van der Waals surface area contributed by atoms with E-state index in [0.717, 1.165) is 25.7 Å². The van der Waals surface area contributed by atoms with Crippen LogP contribution in [-0.2, 0) is 4.79 Å². The van der Waals surface area contributed by atoms with Crippen LogP contribution in [0.3, 0.4) is 0 Å². The van der Waals surface area contributed by atoms with Crippen LogP contribution in [0.1, 0.15) is 25.7 Å². The number of amides is 1. The maximum Gasteiger partial charge on any atom is 0.255 e. The molecular formula is C17H18N4OS. The minimum Gasteiger partial charge on any atom is -0.385 e. The molecule has 1 aromatic carbocycles. The van der Waals surface area contributed by atoms with Crippen LogP contribution in [0, 0.1) is 22.7 Å². The van der Waals surface area contributed by atoms with E-state index >= 15 is 0 Å². The molecule has 6 heteroatoms. The fourth-order valence-electron chi connectivity index (χ4n) is 3.72. The lowest BCUT2D eigenvalue weighted by Crippen LogP contribution is -2.50. The number of carbonyl (C=O) groups is 1. The lowest BCUT2D eigenvalue weighted by molar-refractivity contribution is -0.114. The zero-order valence-corrected chi connectivity index (χ0v) is 13.5. The van der Waals surface area contributed by atoms with Gasteiger partial charge in [-0.1, -0.05) is 43.3 Å². The van der Waals surface area contributed by atoms with Gasteiger partial charge in [0, 0.05) is 11.1 Å². The summed E-state index contributed by atoms with van der Waals surface area (Å²) in [7, 11) is 0. The van der Waals surface area contributed by atoms with Crippen LogP contribution in [0.15, 0.2) is 41.7 Å². The Balaban J connectivity index is 2.00. The van der Waals surface area contributed by atoms with E-state index in [9.17, 15) is 10.1 Å². The predicted molar refractivity (Wildman–Crippen MR) is 92.0 cm³/mol. The maximum absolute atomic E-state index is 12.9. The minimum absolute atomic E-state index is 0.258. The highest BCUT2D eigenvalue weighted by molar-refractivity contribution is 7.80. The number of nitrogens with two attached hydrogens (primary N) is 1. The number of anilines is 1. The zero-order chi connectivity index (χ0) is 16.4. The molecule has 1 saturated carbocycles. The molecule has 0 aromatic heterocycles. The van der Waals surface area contributed by atoms with Gasteiger partial charge in [-0.25, -0.2) is 0 Å². The third-order valence-electron chi connectivity index (χ3n) is 4.72. The Morgan fingerprint density at radius 3 is 2.61 bits per heavy atom. The van der Waals surface area contributed by atoms with E-state index in [1.165, 1.54) is 0 Å². The normalized spacial score (nSPS) is 22.6. The van der Waals surface area contributed by atoms with Crippen molar-refractivity contribution < 1.29 is 4.79 Å². The van der Waals surface area contributed by atoms with Gasteiger partial charge < -0.3 is 16.4 Å². The van der Waals surface area contributed by atoms with Gasteiger partial charge in [0.15, 0.2) is 0 Å². The molecule has 1 atom stereocenters. The summed E-state index contributed by atoms with van der Waals surface area (Å²) in [6.45, 7) is 0. The van der Waals surface area contributed by atoms with E-state index in [1.807, 2.05) is 30.3 Å². The number of benzene rings is 1. The number of hydrogen-bond donors (Lipinski definition) is 3. The van der Waals surface area contributed by atoms with Crippen molar-refractivity contribution in [3.63, 3.8) is 0 Å². The highest BCUT2D eigenvalue weighted by Crippen LogP contribution is 2.52. The van der Waals surface area contributed by atoms with Crippen molar-refractivity contribution in [2.75, 3.05) is 5.32 Å². The molecule has 1 unspecified atom stereocenters. The number of rotatable bonds is 2. The molecule has 118 valence electrons. The van der Waals surface area contributed by atoms with Crippen LogP contribution >= 0.6 is 12.2 Å². The van der Waals surface area contributed by atoms with Gasteiger partial charge in [-0.3, -0.25) is 4.79 Å². The van der Waals surface area contributed by atoms with Gasteiger partial charge in [-0.05, 0) is 25.0 Å². The Labute approximate surface area is 140 Å². The highest BCUT2D eigenvalue weighted by atomic mass is 32.1. The van der Waals surface area contributed by atoms with Crippen molar-refractivity contribution in [3.8, 4) is 6.07 Å². The number of nitrogens with zero attached hydrogens (tertiary/aromatic N) is 1. The lowest BCUT2D eigenvalue weighted by Gasteiger charge is -2.40. The Morgan fingerprint density at radius 1 is 1.35 bits per heavy atom. The van der Waals surface area contributed by atoms with Crippen molar-refractivity contribution >= 4 is 28.8 Å². The molecule has 1 aromatic rings. The summed E-state index contributed by atoms with van der Waals surface area (Å²) in [5.74, 6) is -0.494. The van der Waals surface area contributed by atoms with E-state index < -0.39 is 11.3 Å². The van der Waals surface area contributed by atoms with Crippen LogP contribution in [0.25, 0.3) is 0 Å². The molecule has 4 N–H and O–H groups in total. The Morgan fingerprint density at radius 2 is 2.00 bits per heavy atom. The van der Waals surface area contributed by atoms with Gasteiger partial charge in [0.2, 0.25) is 0 Å². The Kier molecular flexibility index (Phi) is 4.05. The lowest BCUT2D eigenvalue weighted by atomic mass is 9.66. The van der Waals surface area contributed by atoms with Crippen molar-refractivity contribution in [2.24, 2.45) is 17.1 Å². The molecule has 5 nitrogen and oxygen atoms in total. The predicted octanol–water partition coefficient (Wildman–Crippen LogP) is 2.43. The summed E-state index contributed by atoms with van der Waals surface area (Å²) in [5.41, 5.74) is 6.71. The smallest absolute Gasteiger partial charge is 0.255 e. The molecule has 2 aliphatic rings. The van der Waals surface area contributed by atoms with Gasteiger partial charge in [0.1, 0.15) is 11.7 Å². The highest BCUT2D eigenvalue weighted by Gasteiger charge is 2.52. The Bertz CT molecular complexity index is 714. The van der Waals surface area contributed by atoms with Gasteiger partial charge in [-0.15, -0.1) is 0 Å². The van der Waals surface area contributed by atoms with Crippen LogP contribution in [-0.4, -0.2) is 10.9 Å². The molecule has 0 bridgehead atoms. The second kappa shape index (κ2) is 6.01. The summed E-state index contributed by atoms with van der Waals surface area (Å²) < 4.78 is 0. The summed E-state index contributed by atoms with van der Waals surface area (Å²) in [4.78, 5) is 13.3. The number of carbonyl (C=O) groups excluding carboxylic acids is 1. The second-order valence-electron chi connectivity index (χ2n) is 6.02. The molecule has 1 amide bonds. The van der Waals surface area contributed by atoms with Gasteiger partial charge in [-0.2, -0.15) is 5.26 Å². The van der Waals surface area contributed by atoms with E-state index in [-0.39, 0.29) is 11.7 Å². The average molecular weight is 326 g/mol. The first-order valence-corrected chi connectivity index (χ1v) is 8.06. The first-order chi connectivity index (χ1) is 11.1. The number of thiocarbonyl (C=S) groups is 1. The number of nitrogens with one attached hydrogen (secondary N) is 2. The molecule has 0 radical (unpaired) electrons. The number of para-hydroxylation sites is 1. The standard InChI is InChI=1S/C17H18N4OS/c18-10-12-16(23)21-14(19)13(17(12)8-4-5-9-17)15(22)20-11-6-2-1-3-7-11/h1-3,6-7,12H,4-5,8-9,19H2,(H,20,22)(H,21,23). The molecule has 23 heavy (non-hydrogen) atoms. The first kappa shape index (κ1) is 15.5. The fourth-order valence-corrected chi connectivity index (χ4v) is 4.11. The summed E-state index contributed by atoms with van der Waals surface area (Å²) in [6.07, 6.45) is 3.45. The quantitative estimate of drug-likeness (QED) is 0.726. The van der Waals surface area contributed by atoms with Crippen LogP contribution < -0.4 is 16.4 Å². The second-order valence-corrected chi connectivity index (χ2v) is 6.46. The first-order valence-electron chi connectivity index (χ1n) is 7.65. The number of hydrogen-bond acceptors (Lipinski definition) is 4. The SMILES string of the molecule is N#CC1C(=S)NC(N)=C(C(=O)Nc2ccccc2)C12CCCC2. The summed E-state index contributed by atoms with van der Waals surface area (Å²) >= 11 is 5.30. The molecular weight excluding hydrogens is 308 g/mol. The van der Waals surface area contributed by atoms with Crippen molar-refractivity contribution in [1.82, 2.24) is 5.32 Å². The van der Waals surface area contributed by atoms with Gasteiger partial charge >= 0.3 is 0 Å². The average Bonchev–Trinajstić information content (AvgIpc) is 2.97. The summed E-state index contributed by atoms with van der Waals surface area (Å²) in [5, 5.41) is 15.3. The molecule has 1 aliphatic carbocycles. The number of nitriles is 1. The van der Waals surface area contributed by atoms with Crippen molar-refractivity contribution in [1.29, 1.82) is 5.26 Å². The van der Waals surface area contributed by atoms with Crippen molar-refractivity contribution in [2.45, 2.75) is 25.7 Å². The van der Waals surface area contributed by atoms with E-state index in [2.05, 4.69) is 16.7 Å². The van der Waals surface area contributed by atoms with Gasteiger partial charge in [0.05, 0.1) is 16.6 Å². The van der Waals surface area contributed by atoms with Crippen LogP contribution in [0.4, 0.5) is 5.69 Å². The Hall–Kier alpha value is -2.39. The third-order valence-corrected chi connectivity index (χ3v) is 5.06. The summed E-state index contributed by atoms with van der Waals surface area (Å²) in [6, 6.07) is 11.5. The zero-order valence-electron chi connectivity index (χ0n) is 12.6. The third kappa shape index (κ3) is 2.57. The van der Waals surface area contributed by atoms with Crippen molar-refractivity contribution in [3.05, 3.63) is 41.7 Å². The van der Waals surface area contributed by atoms with E-state index in [0.29, 0.717) is 16.2 Å².